The number of hydrogen-bond acceptors (Lipinski definition) is 2. The van der Waals surface area contributed by atoms with E-state index in [1.165, 1.54) is 0 Å². The average Bonchev–Trinajstić information content (AvgIpc) is 1.88. The molecule has 0 rings (SSSR count). The molecule has 10 heavy (non-hydrogen) atoms. The van der Waals surface area contributed by atoms with Crippen molar-refractivity contribution >= 4 is 0 Å². The fourth-order valence-corrected chi connectivity index (χ4v) is 0.477. The van der Waals surface area contributed by atoms with Gasteiger partial charge in [0.05, 0.1) is 19.3 Å². The molecule has 0 fully saturated rings. The highest BCUT2D eigenvalue weighted by atomic mass is 16.5. The second-order valence-corrected chi connectivity index (χ2v) is 2.54. The molecule has 0 aliphatic carbocycles. The van der Waals surface area contributed by atoms with Crippen molar-refractivity contribution in [2.75, 3.05) is 13.2 Å². The summed E-state index contributed by atoms with van der Waals surface area (Å²) in [5.74, 6) is 0.208. The minimum absolute atomic E-state index is 0.208. The van der Waals surface area contributed by atoms with E-state index in [9.17, 15) is 0 Å². The van der Waals surface area contributed by atoms with Crippen molar-refractivity contribution in [2.45, 2.75) is 20.0 Å². The third kappa shape index (κ3) is 4.53. The fourth-order valence-electron chi connectivity index (χ4n) is 0.477. The van der Waals surface area contributed by atoms with Crippen molar-refractivity contribution in [1.29, 1.82) is 0 Å². The van der Waals surface area contributed by atoms with Gasteiger partial charge < -0.3 is 9.84 Å². The van der Waals surface area contributed by atoms with Gasteiger partial charge in [-0.3, -0.25) is 0 Å². The van der Waals surface area contributed by atoms with E-state index < -0.39 is 0 Å². The Hall–Kier alpha value is -0.340. The summed E-state index contributed by atoms with van der Waals surface area (Å²) in [7, 11) is 0. The van der Waals surface area contributed by atoms with Gasteiger partial charge in [-0.15, -0.1) is 6.58 Å². The summed E-state index contributed by atoms with van der Waals surface area (Å²) >= 11 is 0. The normalized spacial score (nSPS) is 16.3. The number of hydrogen-bond donors (Lipinski definition) is 1. The van der Waals surface area contributed by atoms with Crippen molar-refractivity contribution in [1.82, 2.24) is 0 Å². The molecule has 0 saturated carbocycles. The van der Waals surface area contributed by atoms with Gasteiger partial charge in [0.2, 0.25) is 0 Å². The van der Waals surface area contributed by atoms with E-state index in [2.05, 4.69) is 6.58 Å². The Bertz CT molecular complexity index is 89.3. The maximum atomic E-state index is 9.01. The molecule has 0 amide bonds. The first-order valence-electron chi connectivity index (χ1n) is 3.55. The third-order valence-electron chi connectivity index (χ3n) is 1.44. The Balaban J connectivity index is 3.21. The second-order valence-electron chi connectivity index (χ2n) is 2.54. The molecule has 0 aliphatic rings. The van der Waals surface area contributed by atoms with Gasteiger partial charge in [0.15, 0.2) is 0 Å². The van der Waals surface area contributed by atoms with E-state index in [1.54, 1.807) is 13.0 Å². The van der Waals surface area contributed by atoms with Gasteiger partial charge in [0.25, 0.3) is 0 Å². The van der Waals surface area contributed by atoms with Crippen LogP contribution < -0.4 is 0 Å². The summed E-state index contributed by atoms with van der Waals surface area (Å²) in [6.45, 7) is 8.40. The van der Waals surface area contributed by atoms with Crippen LogP contribution in [-0.2, 0) is 4.74 Å². The summed E-state index contributed by atoms with van der Waals surface area (Å²) in [4.78, 5) is 0. The van der Waals surface area contributed by atoms with Crippen LogP contribution in [0.2, 0.25) is 0 Å². The first kappa shape index (κ1) is 9.66. The molecule has 0 heterocycles. The van der Waals surface area contributed by atoms with Gasteiger partial charge in [-0.25, -0.2) is 0 Å². The van der Waals surface area contributed by atoms with Crippen LogP contribution in [0.4, 0.5) is 0 Å². The summed E-state index contributed by atoms with van der Waals surface area (Å²) in [5, 5.41) is 9.01. The van der Waals surface area contributed by atoms with Crippen LogP contribution in [0.25, 0.3) is 0 Å². The quantitative estimate of drug-likeness (QED) is 0.464. The molecular formula is C8H16O2. The largest absolute Gasteiger partial charge is 0.393 e. The first-order chi connectivity index (χ1) is 4.68. The molecule has 0 saturated heterocycles. The highest BCUT2D eigenvalue weighted by molar-refractivity contribution is 4.65. The van der Waals surface area contributed by atoms with Crippen LogP contribution in [-0.4, -0.2) is 24.4 Å². The molecule has 0 aromatic rings. The van der Waals surface area contributed by atoms with E-state index in [0.717, 1.165) is 0 Å². The molecule has 0 spiro atoms. The van der Waals surface area contributed by atoms with Crippen molar-refractivity contribution in [3.63, 3.8) is 0 Å². The molecule has 2 unspecified atom stereocenters. The SMILES string of the molecule is C=CCOCC(C)C(C)O. The Labute approximate surface area is 62.5 Å². The smallest absolute Gasteiger partial charge is 0.0644 e. The van der Waals surface area contributed by atoms with Crippen LogP contribution in [0.15, 0.2) is 12.7 Å². The average molecular weight is 144 g/mol. The highest BCUT2D eigenvalue weighted by Crippen LogP contribution is 2.01. The van der Waals surface area contributed by atoms with Crippen molar-refractivity contribution in [3.05, 3.63) is 12.7 Å². The number of aliphatic hydroxyl groups is 1. The molecule has 2 nitrogen and oxygen atoms in total. The summed E-state index contributed by atoms with van der Waals surface area (Å²) in [5.41, 5.74) is 0. The van der Waals surface area contributed by atoms with Crippen LogP contribution in [0.5, 0.6) is 0 Å². The minimum Gasteiger partial charge on any atom is -0.393 e. The van der Waals surface area contributed by atoms with E-state index in [-0.39, 0.29) is 12.0 Å². The molecule has 0 aliphatic heterocycles. The van der Waals surface area contributed by atoms with E-state index in [4.69, 9.17) is 9.84 Å². The lowest BCUT2D eigenvalue weighted by Crippen LogP contribution is -2.18. The molecule has 0 radical (unpaired) electrons. The Kier molecular flexibility index (Phi) is 5.26. The van der Waals surface area contributed by atoms with Gasteiger partial charge in [0.1, 0.15) is 0 Å². The monoisotopic (exact) mass is 144 g/mol. The number of ether oxygens (including phenoxy) is 1. The predicted octanol–water partition coefficient (Wildman–Crippen LogP) is 1.21. The van der Waals surface area contributed by atoms with Gasteiger partial charge in [-0.1, -0.05) is 13.0 Å². The zero-order valence-corrected chi connectivity index (χ0v) is 6.71. The molecular weight excluding hydrogens is 128 g/mol. The molecule has 1 N–H and O–H groups in total. The standard InChI is InChI=1S/C8H16O2/c1-4-5-10-6-7(2)8(3)9/h4,7-9H,1,5-6H2,2-3H3. The maximum Gasteiger partial charge on any atom is 0.0644 e. The Morgan fingerprint density at radius 1 is 1.60 bits per heavy atom. The van der Waals surface area contributed by atoms with E-state index in [0.29, 0.717) is 13.2 Å². The minimum atomic E-state index is -0.287. The van der Waals surface area contributed by atoms with E-state index >= 15 is 0 Å². The second kappa shape index (κ2) is 5.45. The fraction of sp³-hybridized carbons (Fsp3) is 0.750. The number of rotatable bonds is 5. The third-order valence-corrected chi connectivity index (χ3v) is 1.44. The molecule has 0 aromatic heterocycles. The lowest BCUT2D eigenvalue weighted by atomic mass is 10.1. The van der Waals surface area contributed by atoms with E-state index in [1.807, 2.05) is 6.92 Å². The Morgan fingerprint density at radius 2 is 2.20 bits per heavy atom. The zero-order chi connectivity index (χ0) is 7.98. The highest BCUT2D eigenvalue weighted by Gasteiger charge is 2.07. The molecule has 0 aromatic carbocycles. The summed E-state index contributed by atoms with van der Waals surface area (Å²) < 4.78 is 5.13. The topological polar surface area (TPSA) is 29.5 Å². The van der Waals surface area contributed by atoms with Gasteiger partial charge in [0, 0.05) is 5.92 Å². The number of aliphatic hydroxyl groups excluding tert-OH is 1. The van der Waals surface area contributed by atoms with Crippen LogP contribution in [0.1, 0.15) is 13.8 Å². The van der Waals surface area contributed by atoms with Crippen molar-refractivity contribution in [2.24, 2.45) is 5.92 Å². The maximum absolute atomic E-state index is 9.01. The van der Waals surface area contributed by atoms with Crippen LogP contribution in [0, 0.1) is 5.92 Å². The first-order valence-corrected chi connectivity index (χ1v) is 3.55. The lowest BCUT2D eigenvalue weighted by Gasteiger charge is -2.13. The summed E-state index contributed by atoms with van der Waals surface area (Å²) in [6.07, 6.45) is 1.42. The zero-order valence-electron chi connectivity index (χ0n) is 6.71. The van der Waals surface area contributed by atoms with Gasteiger partial charge in [-0.05, 0) is 6.92 Å². The van der Waals surface area contributed by atoms with Crippen molar-refractivity contribution in [3.8, 4) is 0 Å². The van der Waals surface area contributed by atoms with Crippen LogP contribution in [0.3, 0.4) is 0 Å². The molecule has 60 valence electrons. The molecule has 2 atom stereocenters. The van der Waals surface area contributed by atoms with Crippen molar-refractivity contribution < 1.29 is 9.84 Å². The molecule has 0 bridgehead atoms. The van der Waals surface area contributed by atoms with Gasteiger partial charge >= 0.3 is 0 Å². The summed E-state index contributed by atoms with van der Waals surface area (Å²) in [6, 6.07) is 0. The molecule has 2 heteroatoms. The predicted molar refractivity (Wildman–Crippen MR) is 41.9 cm³/mol. The Morgan fingerprint density at radius 3 is 2.60 bits per heavy atom. The van der Waals surface area contributed by atoms with Gasteiger partial charge in [-0.2, -0.15) is 0 Å². The lowest BCUT2D eigenvalue weighted by molar-refractivity contribution is 0.0556. The van der Waals surface area contributed by atoms with Crippen LogP contribution >= 0.6 is 0 Å².